The molecule has 0 radical (unpaired) electrons. The van der Waals surface area contributed by atoms with Gasteiger partial charge in [-0.25, -0.2) is 4.79 Å². The summed E-state index contributed by atoms with van der Waals surface area (Å²) in [6.45, 7) is 4.04. The van der Waals surface area contributed by atoms with Gasteiger partial charge in [-0.15, -0.1) is 0 Å². The summed E-state index contributed by atoms with van der Waals surface area (Å²) in [5.41, 5.74) is 4.33. The zero-order chi connectivity index (χ0) is 17.6. The highest BCUT2D eigenvalue weighted by molar-refractivity contribution is 6.14. The van der Waals surface area contributed by atoms with Crippen LogP contribution in [-0.4, -0.2) is 16.5 Å². The van der Waals surface area contributed by atoms with Crippen molar-refractivity contribution in [3.8, 4) is 5.69 Å². The number of urea groups is 1. The lowest BCUT2D eigenvalue weighted by atomic mass is 10.1. The largest absolute Gasteiger partial charge is 0.326 e. The summed E-state index contributed by atoms with van der Waals surface area (Å²) in [6, 6.07) is 16.0. The molecule has 4 rings (SSSR count). The van der Waals surface area contributed by atoms with Crippen molar-refractivity contribution in [3.63, 3.8) is 0 Å². The van der Waals surface area contributed by atoms with Gasteiger partial charge in [0.05, 0.1) is 5.69 Å². The van der Waals surface area contributed by atoms with Crippen molar-refractivity contribution in [2.45, 2.75) is 13.8 Å². The van der Waals surface area contributed by atoms with E-state index in [4.69, 9.17) is 0 Å². The van der Waals surface area contributed by atoms with Crippen molar-refractivity contribution in [3.05, 3.63) is 71.2 Å². The maximum absolute atomic E-state index is 11.8. The Morgan fingerprint density at radius 2 is 1.72 bits per heavy atom. The molecule has 25 heavy (non-hydrogen) atoms. The molecule has 1 aromatic heterocycles. The van der Waals surface area contributed by atoms with Gasteiger partial charge in [-0.3, -0.25) is 10.1 Å². The molecule has 3 amide bonds. The summed E-state index contributed by atoms with van der Waals surface area (Å²) in [5, 5.41) is 7.09. The van der Waals surface area contributed by atoms with Crippen molar-refractivity contribution in [1.82, 2.24) is 15.2 Å². The van der Waals surface area contributed by atoms with Crippen LogP contribution in [0.25, 0.3) is 22.5 Å². The summed E-state index contributed by atoms with van der Waals surface area (Å²) in [7, 11) is 0. The van der Waals surface area contributed by atoms with E-state index in [0.717, 1.165) is 28.0 Å². The summed E-state index contributed by atoms with van der Waals surface area (Å²) in [5.74, 6) is -0.403. The summed E-state index contributed by atoms with van der Waals surface area (Å²) in [6.07, 6.45) is 1.71. The Hall–Kier alpha value is -3.34. The van der Waals surface area contributed by atoms with Gasteiger partial charge in [-0.2, -0.15) is 0 Å². The summed E-state index contributed by atoms with van der Waals surface area (Å²) < 4.78 is 2.17. The third kappa shape index (κ3) is 2.50. The van der Waals surface area contributed by atoms with E-state index in [2.05, 4.69) is 39.5 Å². The van der Waals surface area contributed by atoms with Crippen molar-refractivity contribution in [2.75, 3.05) is 0 Å². The molecular formula is C20H17N3O2. The van der Waals surface area contributed by atoms with Gasteiger partial charge in [0.1, 0.15) is 5.70 Å². The van der Waals surface area contributed by atoms with Crippen LogP contribution in [0.4, 0.5) is 4.79 Å². The predicted molar refractivity (Wildman–Crippen MR) is 97.4 cm³/mol. The first-order chi connectivity index (χ1) is 12.0. The first kappa shape index (κ1) is 15.2. The third-order valence-electron chi connectivity index (χ3n) is 4.50. The molecule has 1 fully saturated rings. The molecule has 1 aliphatic rings. The number of carbonyl (C=O) groups excluding carboxylic acids is 2. The highest BCUT2D eigenvalue weighted by Gasteiger charge is 2.23. The van der Waals surface area contributed by atoms with Gasteiger partial charge in [0.25, 0.3) is 5.91 Å². The Labute approximate surface area is 145 Å². The lowest BCUT2D eigenvalue weighted by Crippen LogP contribution is -2.22. The SMILES string of the molecule is Cc1cc(/C=C2\NC(=O)NC2=O)c(C)n1-c1cccc2ccccc12. The molecule has 2 N–H and O–H groups in total. The van der Waals surface area contributed by atoms with Crippen molar-refractivity contribution in [2.24, 2.45) is 0 Å². The molecule has 0 atom stereocenters. The monoisotopic (exact) mass is 331 g/mol. The number of imide groups is 1. The summed E-state index contributed by atoms with van der Waals surface area (Å²) >= 11 is 0. The number of hydrogen-bond acceptors (Lipinski definition) is 2. The number of carbonyl (C=O) groups is 2. The van der Waals surface area contributed by atoms with Crippen LogP contribution in [0, 0.1) is 13.8 Å². The Morgan fingerprint density at radius 1 is 0.960 bits per heavy atom. The van der Waals surface area contributed by atoms with Crippen molar-refractivity contribution in [1.29, 1.82) is 0 Å². The molecular weight excluding hydrogens is 314 g/mol. The fourth-order valence-corrected chi connectivity index (χ4v) is 3.35. The molecule has 1 saturated heterocycles. The van der Waals surface area contributed by atoms with Crippen LogP contribution in [0.1, 0.15) is 17.0 Å². The van der Waals surface area contributed by atoms with E-state index in [1.165, 1.54) is 5.39 Å². The Balaban J connectivity index is 1.87. The number of aryl methyl sites for hydroxylation is 1. The van der Waals surface area contributed by atoms with E-state index in [0.29, 0.717) is 0 Å². The zero-order valence-electron chi connectivity index (χ0n) is 14.0. The van der Waals surface area contributed by atoms with Crippen LogP contribution in [0.15, 0.2) is 54.2 Å². The third-order valence-corrected chi connectivity index (χ3v) is 4.50. The second-order valence-electron chi connectivity index (χ2n) is 6.13. The van der Waals surface area contributed by atoms with Gasteiger partial charge in [0, 0.05) is 16.8 Å². The number of nitrogens with one attached hydrogen (secondary N) is 2. The molecule has 3 aromatic rings. The fraction of sp³-hybridized carbons (Fsp3) is 0.100. The van der Waals surface area contributed by atoms with Crippen LogP contribution < -0.4 is 10.6 Å². The average molecular weight is 331 g/mol. The molecule has 124 valence electrons. The Morgan fingerprint density at radius 3 is 2.48 bits per heavy atom. The van der Waals surface area contributed by atoms with Gasteiger partial charge in [0.2, 0.25) is 0 Å². The van der Waals surface area contributed by atoms with Crippen LogP contribution in [0.2, 0.25) is 0 Å². The second kappa shape index (κ2) is 5.63. The van der Waals surface area contributed by atoms with E-state index in [-0.39, 0.29) is 5.70 Å². The van der Waals surface area contributed by atoms with Gasteiger partial charge in [0.15, 0.2) is 0 Å². The van der Waals surface area contributed by atoms with Gasteiger partial charge >= 0.3 is 6.03 Å². The van der Waals surface area contributed by atoms with E-state index < -0.39 is 11.9 Å². The molecule has 5 heteroatoms. The number of amides is 3. The quantitative estimate of drug-likeness (QED) is 0.558. The fourth-order valence-electron chi connectivity index (χ4n) is 3.35. The predicted octanol–water partition coefficient (Wildman–Crippen LogP) is 3.43. The van der Waals surface area contributed by atoms with E-state index in [9.17, 15) is 9.59 Å². The first-order valence-electron chi connectivity index (χ1n) is 8.06. The Bertz CT molecular complexity index is 1050. The van der Waals surface area contributed by atoms with Crippen molar-refractivity contribution < 1.29 is 9.59 Å². The summed E-state index contributed by atoms with van der Waals surface area (Å²) in [4.78, 5) is 23.1. The van der Waals surface area contributed by atoms with Crippen LogP contribution in [-0.2, 0) is 4.79 Å². The molecule has 0 spiro atoms. The molecule has 2 heterocycles. The minimum absolute atomic E-state index is 0.267. The number of nitrogens with zero attached hydrogens (tertiary/aromatic N) is 1. The topological polar surface area (TPSA) is 63.1 Å². The lowest BCUT2D eigenvalue weighted by Gasteiger charge is -2.13. The van der Waals surface area contributed by atoms with E-state index in [1.54, 1.807) is 6.08 Å². The number of fused-ring (bicyclic) bond motifs is 1. The maximum atomic E-state index is 11.8. The highest BCUT2D eigenvalue weighted by atomic mass is 16.2. The standard InChI is InChI=1S/C20H17N3O2/c1-12-10-15(11-17-19(24)22-20(25)21-17)13(2)23(12)18-9-5-7-14-6-3-4-8-16(14)18/h3-11H,1-2H3,(H2,21,22,24,25)/b17-11-. The van der Waals surface area contributed by atoms with E-state index >= 15 is 0 Å². The number of benzene rings is 2. The molecule has 1 aliphatic heterocycles. The molecule has 0 saturated carbocycles. The van der Waals surface area contributed by atoms with E-state index in [1.807, 2.05) is 38.1 Å². The molecule has 0 bridgehead atoms. The second-order valence-corrected chi connectivity index (χ2v) is 6.13. The minimum Gasteiger partial charge on any atom is -0.317 e. The Kier molecular flexibility index (Phi) is 3.42. The normalized spacial score (nSPS) is 15.7. The zero-order valence-corrected chi connectivity index (χ0v) is 14.0. The molecule has 5 nitrogen and oxygen atoms in total. The molecule has 0 unspecified atom stereocenters. The smallest absolute Gasteiger partial charge is 0.317 e. The lowest BCUT2D eigenvalue weighted by molar-refractivity contribution is -0.115. The minimum atomic E-state index is -0.487. The number of rotatable bonds is 2. The van der Waals surface area contributed by atoms with Crippen LogP contribution in [0.5, 0.6) is 0 Å². The van der Waals surface area contributed by atoms with Gasteiger partial charge in [-0.1, -0.05) is 36.4 Å². The number of aromatic nitrogens is 1. The highest BCUT2D eigenvalue weighted by Crippen LogP contribution is 2.28. The van der Waals surface area contributed by atoms with Crippen LogP contribution in [0.3, 0.4) is 0 Å². The van der Waals surface area contributed by atoms with Gasteiger partial charge < -0.3 is 9.88 Å². The molecule has 2 aromatic carbocycles. The first-order valence-corrected chi connectivity index (χ1v) is 8.06. The molecule has 0 aliphatic carbocycles. The van der Waals surface area contributed by atoms with Crippen molar-refractivity contribution >= 4 is 28.8 Å². The van der Waals surface area contributed by atoms with Crippen LogP contribution >= 0.6 is 0 Å². The van der Waals surface area contributed by atoms with Gasteiger partial charge in [-0.05, 0) is 43.0 Å². The maximum Gasteiger partial charge on any atom is 0.326 e. The average Bonchev–Trinajstić information content (AvgIpc) is 3.05. The number of hydrogen-bond donors (Lipinski definition) is 2.